The molecule has 0 atom stereocenters. The molecule has 0 unspecified atom stereocenters. The zero-order valence-electron chi connectivity index (χ0n) is 12.7. The van der Waals surface area contributed by atoms with Crippen molar-refractivity contribution in [2.24, 2.45) is 17.7 Å². The monoisotopic (exact) mass is 312 g/mol. The molecule has 0 aliphatic heterocycles. The molecule has 0 spiro atoms. The van der Waals surface area contributed by atoms with Gasteiger partial charge in [0.1, 0.15) is 0 Å². The lowest BCUT2D eigenvalue weighted by molar-refractivity contribution is -0.190. The quantitative estimate of drug-likeness (QED) is 0.564. The number of nitrogens with one attached hydrogen (secondary N) is 1. The SMILES string of the molecule is CC(C)CN(N)CC(=O)NN(CC(C)C)C(=O)C(F)(F)F. The van der Waals surface area contributed by atoms with Gasteiger partial charge < -0.3 is 0 Å². The first-order valence-electron chi connectivity index (χ1n) is 6.61. The minimum atomic E-state index is -5.04. The van der Waals surface area contributed by atoms with Gasteiger partial charge in [0.15, 0.2) is 0 Å². The number of nitrogens with zero attached hydrogens (tertiary/aromatic N) is 2. The normalized spacial score (nSPS) is 12.1. The highest BCUT2D eigenvalue weighted by Crippen LogP contribution is 2.18. The van der Waals surface area contributed by atoms with E-state index in [0.717, 1.165) is 0 Å². The molecule has 0 aliphatic rings. The average molecular weight is 312 g/mol. The number of hydrazine groups is 2. The van der Waals surface area contributed by atoms with Crippen LogP contribution in [0.5, 0.6) is 0 Å². The summed E-state index contributed by atoms with van der Waals surface area (Å²) in [5.41, 5.74) is 1.96. The van der Waals surface area contributed by atoms with E-state index in [2.05, 4.69) is 0 Å². The van der Waals surface area contributed by atoms with Gasteiger partial charge in [-0.25, -0.2) is 10.0 Å². The number of hydrogen-bond donors (Lipinski definition) is 2. The second-order valence-corrected chi connectivity index (χ2v) is 5.67. The van der Waals surface area contributed by atoms with E-state index in [4.69, 9.17) is 5.84 Å². The van der Waals surface area contributed by atoms with Crippen LogP contribution in [0.15, 0.2) is 0 Å². The number of amides is 2. The van der Waals surface area contributed by atoms with Crippen LogP contribution >= 0.6 is 0 Å². The molecule has 0 aromatic carbocycles. The lowest BCUT2D eigenvalue weighted by atomic mass is 10.2. The van der Waals surface area contributed by atoms with Crippen LogP contribution in [-0.2, 0) is 9.59 Å². The fraction of sp³-hybridized carbons (Fsp3) is 0.833. The topological polar surface area (TPSA) is 78.7 Å². The summed E-state index contributed by atoms with van der Waals surface area (Å²) in [5.74, 6) is 2.66. The third-order valence-corrected chi connectivity index (χ3v) is 2.24. The highest BCUT2D eigenvalue weighted by atomic mass is 19.4. The zero-order chi connectivity index (χ0) is 16.8. The van der Waals surface area contributed by atoms with Gasteiger partial charge in [-0.15, -0.1) is 0 Å². The van der Waals surface area contributed by atoms with Crippen molar-refractivity contribution >= 4 is 11.8 Å². The Morgan fingerprint density at radius 1 is 1.10 bits per heavy atom. The van der Waals surface area contributed by atoms with Crippen molar-refractivity contribution in [2.75, 3.05) is 19.6 Å². The fourth-order valence-electron chi connectivity index (χ4n) is 1.60. The van der Waals surface area contributed by atoms with Crippen molar-refractivity contribution in [1.29, 1.82) is 0 Å². The number of nitrogens with two attached hydrogens (primary N) is 1. The van der Waals surface area contributed by atoms with Gasteiger partial charge >= 0.3 is 12.1 Å². The Kier molecular flexibility index (Phi) is 7.65. The molecule has 9 heteroatoms. The van der Waals surface area contributed by atoms with E-state index in [-0.39, 0.29) is 29.9 Å². The lowest BCUT2D eigenvalue weighted by Gasteiger charge is -2.27. The van der Waals surface area contributed by atoms with E-state index in [1.165, 1.54) is 5.01 Å². The maximum absolute atomic E-state index is 12.5. The van der Waals surface area contributed by atoms with Crippen LogP contribution in [0.3, 0.4) is 0 Å². The summed E-state index contributed by atoms with van der Waals surface area (Å²) in [7, 11) is 0. The van der Waals surface area contributed by atoms with Gasteiger partial charge in [-0.3, -0.25) is 20.9 Å². The number of alkyl halides is 3. The van der Waals surface area contributed by atoms with E-state index in [1.807, 2.05) is 19.3 Å². The van der Waals surface area contributed by atoms with Gasteiger partial charge in [0, 0.05) is 13.1 Å². The molecule has 6 nitrogen and oxygen atoms in total. The van der Waals surface area contributed by atoms with Gasteiger partial charge in [-0.05, 0) is 11.8 Å². The standard InChI is InChI=1S/C12H23F3N4O2/c1-8(2)5-18(16)7-10(20)17-19(6-9(3)4)11(21)12(13,14)15/h8-9H,5-7,16H2,1-4H3,(H,17,20). The van der Waals surface area contributed by atoms with Crippen molar-refractivity contribution in [3.63, 3.8) is 0 Å². The molecule has 0 aromatic heterocycles. The third-order valence-electron chi connectivity index (χ3n) is 2.24. The molecule has 0 fully saturated rings. The van der Waals surface area contributed by atoms with Gasteiger partial charge in [-0.1, -0.05) is 27.7 Å². The Hall–Kier alpha value is -1.35. The summed E-state index contributed by atoms with van der Waals surface area (Å²) in [4.78, 5) is 22.9. The predicted octanol–water partition coefficient (Wildman–Crippen LogP) is 0.896. The van der Waals surface area contributed by atoms with E-state index < -0.39 is 18.0 Å². The van der Waals surface area contributed by atoms with Crippen molar-refractivity contribution in [3.05, 3.63) is 0 Å². The Morgan fingerprint density at radius 3 is 1.95 bits per heavy atom. The first kappa shape index (κ1) is 19.7. The van der Waals surface area contributed by atoms with Crippen LogP contribution in [0.1, 0.15) is 27.7 Å². The molecule has 0 saturated carbocycles. The van der Waals surface area contributed by atoms with Crippen LogP contribution < -0.4 is 11.3 Å². The van der Waals surface area contributed by atoms with Crippen molar-refractivity contribution in [1.82, 2.24) is 15.4 Å². The Labute approximate surface area is 122 Å². The van der Waals surface area contributed by atoms with E-state index in [0.29, 0.717) is 6.54 Å². The Balaban J connectivity index is 4.67. The van der Waals surface area contributed by atoms with Gasteiger partial charge in [0.25, 0.3) is 5.91 Å². The Bertz CT molecular complexity index is 359. The number of hydrogen-bond acceptors (Lipinski definition) is 4. The lowest BCUT2D eigenvalue weighted by Crippen LogP contribution is -2.55. The average Bonchev–Trinajstić information content (AvgIpc) is 2.23. The highest BCUT2D eigenvalue weighted by molar-refractivity contribution is 5.86. The maximum Gasteiger partial charge on any atom is 0.473 e. The maximum atomic E-state index is 12.5. The second-order valence-electron chi connectivity index (χ2n) is 5.67. The summed E-state index contributed by atoms with van der Waals surface area (Å²) < 4.78 is 37.4. The minimum absolute atomic E-state index is 0.200. The summed E-state index contributed by atoms with van der Waals surface area (Å²) in [5, 5.41) is 1.47. The minimum Gasteiger partial charge on any atom is -0.272 e. The fourth-order valence-corrected chi connectivity index (χ4v) is 1.60. The molecular formula is C12H23F3N4O2. The van der Waals surface area contributed by atoms with Crippen molar-refractivity contribution in [3.8, 4) is 0 Å². The van der Waals surface area contributed by atoms with Crippen LogP contribution in [-0.4, -0.2) is 47.6 Å². The molecule has 3 N–H and O–H groups in total. The van der Waals surface area contributed by atoms with Crippen molar-refractivity contribution < 1.29 is 22.8 Å². The van der Waals surface area contributed by atoms with Gasteiger partial charge in [-0.2, -0.15) is 13.2 Å². The zero-order valence-corrected chi connectivity index (χ0v) is 12.7. The molecule has 21 heavy (non-hydrogen) atoms. The van der Waals surface area contributed by atoms with Gasteiger partial charge in [0.2, 0.25) is 0 Å². The molecule has 2 amide bonds. The summed E-state index contributed by atoms with van der Waals surface area (Å²) in [6, 6.07) is 0. The van der Waals surface area contributed by atoms with E-state index in [9.17, 15) is 22.8 Å². The van der Waals surface area contributed by atoms with Crippen LogP contribution in [0, 0.1) is 11.8 Å². The smallest absolute Gasteiger partial charge is 0.272 e. The molecule has 0 heterocycles. The Morgan fingerprint density at radius 2 is 1.57 bits per heavy atom. The molecule has 124 valence electrons. The number of carbonyl (C=O) groups is 2. The number of halogens is 3. The van der Waals surface area contributed by atoms with E-state index >= 15 is 0 Å². The van der Waals surface area contributed by atoms with E-state index in [1.54, 1.807) is 13.8 Å². The molecule has 0 saturated heterocycles. The van der Waals surface area contributed by atoms with Crippen LogP contribution in [0.2, 0.25) is 0 Å². The molecule has 0 aliphatic carbocycles. The van der Waals surface area contributed by atoms with Crippen LogP contribution in [0.25, 0.3) is 0 Å². The van der Waals surface area contributed by atoms with Crippen LogP contribution in [0.4, 0.5) is 13.2 Å². The number of carbonyl (C=O) groups excluding carboxylic acids is 2. The molecule has 0 bridgehead atoms. The largest absolute Gasteiger partial charge is 0.473 e. The summed E-state index contributed by atoms with van der Waals surface area (Å²) in [6.07, 6.45) is -5.04. The molecular weight excluding hydrogens is 289 g/mol. The molecule has 0 rings (SSSR count). The number of rotatable bonds is 6. The first-order valence-corrected chi connectivity index (χ1v) is 6.61. The second kappa shape index (κ2) is 8.18. The predicted molar refractivity (Wildman–Crippen MR) is 71.3 cm³/mol. The molecule has 0 aromatic rings. The third kappa shape index (κ3) is 8.51. The summed E-state index contributed by atoms with van der Waals surface area (Å²) >= 11 is 0. The van der Waals surface area contributed by atoms with Crippen molar-refractivity contribution in [2.45, 2.75) is 33.9 Å². The highest BCUT2D eigenvalue weighted by Gasteiger charge is 2.43. The summed E-state index contributed by atoms with van der Waals surface area (Å²) in [6.45, 7) is 6.92. The first-order chi connectivity index (χ1) is 9.43. The molecule has 0 radical (unpaired) electrons. The van der Waals surface area contributed by atoms with Gasteiger partial charge in [0.05, 0.1) is 6.54 Å².